The van der Waals surface area contributed by atoms with E-state index in [4.69, 9.17) is 5.11 Å². The molecular formula is C16H17N3O2. The monoisotopic (exact) mass is 283 g/mol. The quantitative estimate of drug-likeness (QED) is 0.824. The molecule has 0 saturated heterocycles. The summed E-state index contributed by atoms with van der Waals surface area (Å²) in [7, 11) is 0. The molecular weight excluding hydrogens is 266 g/mol. The Morgan fingerprint density at radius 1 is 1.43 bits per heavy atom. The van der Waals surface area contributed by atoms with Crippen LogP contribution in [-0.2, 0) is 4.79 Å². The van der Waals surface area contributed by atoms with Gasteiger partial charge in [-0.3, -0.25) is 9.78 Å². The Balaban J connectivity index is 2.39. The molecule has 0 radical (unpaired) electrons. The van der Waals surface area contributed by atoms with Gasteiger partial charge in [0.2, 0.25) is 0 Å². The Bertz CT molecular complexity index is 732. The summed E-state index contributed by atoms with van der Waals surface area (Å²) < 4.78 is 0. The van der Waals surface area contributed by atoms with Gasteiger partial charge in [-0.2, -0.15) is 5.26 Å². The third kappa shape index (κ3) is 3.29. The first-order valence-corrected chi connectivity index (χ1v) is 6.78. The minimum Gasteiger partial charge on any atom is -0.481 e. The Hall–Kier alpha value is -2.61. The standard InChI is InChI=1S/C16H17N3O2/c1-10-6-11(2)15-13(7-10)16(12(8-17)9-19-15)18-5-3-4-14(20)21/h6-7,9H,3-5H2,1-2H3,(H,18,19)(H,20,21). The third-order valence-electron chi connectivity index (χ3n) is 3.30. The number of aryl methyl sites for hydroxylation is 2. The van der Waals surface area contributed by atoms with Gasteiger partial charge in [-0.1, -0.05) is 11.6 Å². The molecule has 2 N–H and O–H groups in total. The van der Waals surface area contributed by atoms with E-state index in [-0.39, 0.29) is 6.42 Å². The van der Waals surface area contributed by atoms with Gasteiger partial charge in [0.05, 0.1) is 16.8 Å². The maximum atomic E-state index is 10.5. The number of hydrogen-bond acceptors (Lipinski definition) is 4. The van der Waals surface area contributed by atoms with Gasteiger partial charge in [0.15, 0.2) is 0 Å². The van der Waals surface area contributed by atoms with Crippen LogP contribution in [0.2, 0.25) is 0 Å². The maximum Gasteiger partial charge on any atom is 0.303 e. The summed E-state index contributed by atoms with van der Waals surface area (Å²) in [5, 5.41) is 22.0. The minimum absolute atomic E-state index is 0.107. The van der Waals surface area contributed by atoms with E-state index in [9.17, 15) is 10.1 Å². The van der Waals surface area contributed by atoms with Crippen LogP contribution in [0.15, 0.2) is 18.3 Å². The van der Waals surface area contributed by atoms with Gasteiger partial charge < -0.3 is 10.4 Å². The van der Waals surface area contributed by atoms with Crippen molar-refractivity contribution in [2.24, 2.45) is 0 Å². The molecule has 2 aromatic rings. The van der Waals surface area contributed by atoms with Crippen molar-refractivity contribution >= 4 is 22.6 Å². The van der Waals surface area contributed by atoms with Crippen LogP contribution in [0.5, 0.6) is 0 Å². The topological polar surface area (TPSA) is 86.0 Å². The van der Waals surface area contributed by atoms with E-state index in [2.05, 4.69) is 22.4 Å². The van der Waals surface area contributed by atoms with Gasteiger partial charge in [0.1, 0.15) is 6.07 Å². The van der Waals surface area contributed by atoms with Gasteiger partial charge in [-0.05, 0) is 31.9 Å². The summed E-state index contributed by atoms with van der Waals surface area (Å²) in [5.74, 6) is -0.816. The van der Waals surface area contributed by atoms with Gasteiger partial charge in [0.25, 0.3) is 0 Å². The highest BCUT2D eigenvalue weighted by Crippen LogP contribution is 2.28. The number of aliphatic carboxylic acids is 1. The molecule has 21 heavy (non-hydrogen) atoms. The predicted molar refractivity (Wildman–Crippen MR) is 81.3 cm³/mol. The fourth-order valence-corrected chi connectivity index (χ4v) is 2.39. The van der Waals surface area contributed by atoms with Gasteiger partial charge in [-0.25, -0.2) is 0 Å². The average molecular weight is 283 g/mol. The Kier molecular flexibility index (Phi) is 4.39. The maximum absolute atomic E-state index is 10.5. The Labute approximate surface area is 123 Å². The predicted octanol–water partition coefficient (Wildman–Crippen LogP) is 3.00. The highest BCUT2D eigenvalue weighted by molar-refractivity contribution is 5.96. The first kappa shape index (κ1) is 14.8. The molecule has 0 aliphatic carbocycles. The number of pyridine rings is 1. The van der Waals surface area contributed by atoms with Crippen LogP contribution >= 0.6 is 0 Å². The molecule has 1 heterocycles. The van der Waals surface area contributed by atoms with Crippen LogP contribution in [-0.4, -0.2) is 22.6 Å². The number of anilines is 1. The zero-order valence-electron chi connectivity index (χ0n) is 12.1. The number of benzene rings is 1. The number of rotatable bonds is 5. The number of fused-ring (bicyclic) bond motifs is 1. The largest absolute Gasteiger partial charge is 0.481 e. The normalized spacial score (nSPS) is 10.3. The van der Waals surface area contributed by atoms with Crippen molar-refractivity contribution in [1.82, 2.24) is 4.98 Å². The number of hydrogen-bond donors (Lipinski definition) is 2. The highest BCUT2D eigenvalue weighted by atomic mass is 16.4. The molecule has 2 rings (SSSR count). The second-order valence-corrected chi connectivity index (χ2v) is 5.06. The van der Waals surface area contributed by atoms with Crippen LogP contribution in [0.1, 0.15) is 29.5 Å². The van der Waals surface area contributed by atoms with Crippen LogP contribution < -0.4 is 5.32 Å². The van der Waals surface area contributed by atoms with Gasteiger partial charge >= 0.3 is 5.97 Å². The second-order valence-electron chi connectivity index (χ2n) is 5.06. The van der Waals surface area contributed by atoms with Crippen LogP contribution in [0, 0.1) is 25.2 Å². The molecule has 0 saturated carbocycles. The lowest BCUT2D eigenvalue weighted by atomic mass is 10.0. The Morgan fingerprint density at radius 3 is 2.86 bits per heavy atom. The molecule has 1 aromatic carbocycles. The number of nitriles is 1. The highest BCUT2D eigenvalue weighted by Gasteiger charge is 2.11. The number of carbonyl (C=O) groups is 1. The summed E-state index contributed by atoms with van der Waals surface area (Å²) in [6, 6.07) is 6.18. The van der Waals surface area contributed by atoms with E-state index in [1.807, 2.05) is 19.9 Å². The first-order valence-electron chi connectivity index (χ1n) is 6.78. The first-order chi connectivity index (χ1) is 10.0. The van der Waals surface area contributed by atoms with Crippen LogP contribution in [0.25, 0.3) is 10.9 Å². The fourth-order valence-electron chi connectivity index (χ4n) is 2.39. The van der Waals surface area contributed by atoms with Crippen molar-refractivity contribution in [2.45, 2.75) is 26.7 Å². The number of nitrogens with zero attached hydrogens (tertiary/aromatic N) is 2. The zero-order chi connectivity index (χ0) is 15.4. The third-order valence-corrected chi connectivity index (χ3v) is 3.30. The molecule has 0 aliphatic heterocycles. The molecule has 5 heteroatoms. The molecule has 0 atom stereocenters. The van der Waals surface area contributed by atoms with E-state index in [1.165, 1.54) is 0 Å². The molecule has 1 aromatic heterocycles. The molecule has 108 valence electrons. The fraction of sp³-hybridized carbons (Fsp3) is 0.312. The van der Waals surface area contributed by atoms with E-state index in [0.29, 0.717) is 18.5 Å². The van der Waals surface area contributed by atoms with Crippen LogP contribution in [0.3, 0.4) is 0 Å². The van der Waals surface area contributed by atoms with Crippen LogP contribution in [0.4, 0.5) is 5.69 Å². The van der Waals surface area contributed by atoms with E-state index >= 15 is 0 Å². The van der Waals surface area contributed by atoms with Gasteiger partial charge in [-0.15, -0.1) is 0 Å². The summed E-state index contributed by atoms with van der Waals surface area (Å²) in [6.45, 7) is 4.50. The van der Waals surface area contributed by atoms with E-state index in [0.717, 1.165) is 27.7 Å². The second kappa shape index (κ2) is 6.23. The summed E-state index contributed by atoms with van der Waals surface area (Å²) in [6.07, 6.45) is 2.18. The summed E-state index contributed by atoms with van der Waals surface area (Å²) in [4.78, 5) is 14.9. The lowest BCUT2D eigenvalue weighted by Gasteiger charge is -2.13. The van der Waals surface area contributed by atoms with Crippen molar-refractivity contribution in [3.63, 3.8) is 0 Å². The van der Waals surface area contributed by atoms with Crippen molar-refractivity contribution in [3.05, 3.63) is 35.0 Å². The van der Waals surface area contributed by atoms with Crippen molar-refractivity contribution in [3.8, 4) is 6.07 Å². The summed E-state index contributed by atoms with van der Waals surface area (Å²) >= 11 is 0. The number of nitrogens with one attached hydrogen (secondary N) is 1. The molecule has 0 aliphatic rings. The number of carboxylic acid groups (broad SMARTS) is 1. The van der Waals surface area contributed by atoms with Crippen molar-refractivity contribution < 1.29 is 9.90 Å². The molecule has 0 amide bonds. The smallest absolute Gasteiger partial charge is 0.303 e. The van der Waals surface area contributed by atoms with Crippen molar-refractivity contribution in [1.29, 1.82) is 5.26 Å². The minimum atomic E-state index is -0.816. The molecule has 0 spiro atoms. The SMILES string of the molecule is Cc1cc(C)c2ncc(C#N)c(NCCCC(=O)O)c2c1. The lowest BCUT2D eigenvalue weighted by molar-refractivity contribution is -0.137. The lowest BCUT2D eigenvalue weighted by Crippen LogP contribution is -2.07. The van der Waals surface area contributed by atoms with E-state index < -0.39 is 5.97 Å². The average Bonchev–Trinajstić information content (AvgIpc) is 2.43. The molecule has 0 unspecified atom stereocenters. The molecule has 0 bridgehead atoms. The van der Waals surface area contributed by atoms with Gasteiger partial charge in [0, 0.05) is 24.5 Å². The Morgan fingerprint density at radius 2 is 2.19 bits per heavy atom. The molecule has 5 nitrogen and oxygen atoms in total. The van der Waals surface area contributed by atoms with Crippen molar-refractivity contribution in [2.75, 3.05) is 11.9 Å². The number of aromatic nitrogens is 1. The number of carboxylic acids is 1. The zero-order valence-corrected chi connectivity index (χ0v) is 12.1. The summed E-state index contributed by atoms with van der Waals surface area (Å²) in [5.41, 5.74) is 4.23. The molecule has 0 fully saturated rings. The van der Waals surface area contributed by atoms with E-state index in [1.54, 1.807) is 6.20 Å².